The minimum absolute atomic E-state index is 0.100. The third-order valence-electron chi connectivity index (χ3n) is 3.50. The lowest BCUT2D eigenvalue weighted by Gasteiger charge is -2.42. The highest BCUT2D eigenvalue weighted by Gasteiger charge is 2.62. The number of allylic oxidation sites excluding steroid dienone is 4. The van der Waals surface area contributed by atoms with E-state index in [9.17, 15) is 4.79 Å². The average molecular weight is 319 g/mol. The number of halogens is 2. The molecular weight excluding hydrogens is 299 g/mol. The van der Waals surface area contributed by atoms with Gasteiger partial charge in [-0.2, -0.15) is 0 Å². The number of fused-ring (bicyclic) bond motifs is 1. The number of Topliss-reactive ketones (excluding diaryl/α,β-unsaturated/α-hetero) is 1. The largest absolute Gasteiger partial charge is 0.549 e. The normalized spacial score (nSPS) is 31.3. The van der Waals surface area contributed by atoms with Crippen LogP contribution < -0.4 is 0 Å². The predicted octanol–water partition coefficient (Wildman–Crippen LogP) is 3.85. The topological polar surface area (TPSA) is 26.3 Å². The zero-order chi connectivity index (χ0) is 14.6. The lowest BCUT2D eigenvalue weighted by Crippen LogP contribution is -2.54. The Kier molecular flexibility index (Phi) is 3.70. The molecular formula is C14H20Cl2O2Si. The van der Waals surface area contributed by atoms with Crippen LogP contribution in [0.2, 0.25) is 13.1 Å². The van der Waals surface area contributed by atoms with Gasteiger partial charge in [0.05, 0.1) is 11.7 Å². The summed E-state index contributed by atoms with van der Waals surface area (Å²) >= 11 is 12.1. The maximum atomic E-state index is 12.1. The fourth-order valence-electron chi connectivity index (χ4n) is 2.66. The summed E-state index contributed by atoms with van der Waals surface area (Å²) in [4.78, 5) is 12.1. The number of hydrogen-bond donors (Lipinski definition) is 0. The van der Waals surface area contributed by atoms with Gasteiger partial charge in [-0.05, 0) is 18.7 Å². The van der Waals surface area contributed by atoms with Crippen molar-refractivity contribution >= 4 is 38.0 Å². The van der Waals surface area contributed by atoms with Gasteiger partial charge in [-0.15, -0.1) is 0 Å². The number of carbonyl (C=O) groups is 1. The molecule has 0 heterocycles. The quantitative estimate of drug-likeness (QED) is 0.439. The first kappa shape index (κ1) is 15.1. The van der Waals surface area contributed by atoms with Crippen LogP contribution in [0.1, 0.15) is 20.8 Å². The van der Waals surface area contributed by atoms with E-state index in [0.717, 1.165) is 11.3 Å². The van der Waals surface area contributed by atoms with E-state index in [4.69, 9.17) is 27.6 Å². The van der Waals surface area contributed by atoms with Gasteiger partial charge >= 0.3 is 0 Å². The first-order valence-corrected chi connectivity index (χ1v) is 10.1. The van der Waals surface area contributed by atoms with E-state index >= 15 is 0 Å². The second kappa shape index (κ2) is 4.64. The van der Waals surface area contributed by atoms with Crippen molar-refractivity contribution in [2.75, 3.05) is 0 Å². The Morgan fingerprint density at radius 3 is 2.42 bits per heavy atom. The molecule has 0 aromatic rings. The minimum Gasteiger partial charge on any atom is -0.549 e. The van der Waals surface area contributed by atoms with E-state index < -0.39 is 13.4 Å². The van der Waals surface area contributed by atoms with Gasteiger partial charge in [0.2, 0.25) is 9.04 Å². The van der Waals surface area contributed by atoms with Gasteiger partial charge < -0.3 is 4.43 Å². The van der Waals surface area contributed by atoms with Crippen molar-refractivity contribution in [2.45, 2.75) is 38.2 Å². The molecule has 0 aromatic heterocycles. The number of ketones is 1. The monoisotopic (exact) mass is 318 g/mol. The van der Waals surface area contributed by atoms with Crippen LogP contribution in [-0.4, -0.2) is 19.2 Å². The Hall–Kier alpha value is -0.253. The van der Waals surface area contributed by atoms with Crippen molar-refractivity contribution in [3.63, 3.8) is 0 Å². The maximum absolute atomic E-state index is 12.1. The molecule has 0 spiro atoms. The van der Waals surface area contributed by atoms with E-state index in [-0.39, 0.29) is 23.0 Å². The van der Waals surface area contributed by atoms with Crippen LogP contribution in [0.15, 0.2) is 23.5 Å². The third kappa shape index (κ3) is 2.41. The van der Waals surface area contributed by atoms with E-state index in [2.05, 4.69) is 33.9 Å². The second-order valence-corrected chi connectivity index (χ2v) is 10.3. The molecule has 106 valence electrons. The van der Waals surface area contributed by atoms with Crippen molar-refractivity contribution < 1.29 is 9.22 Å². The lowest BCUT2D eigenvalue weighted by molar-refractivity contribution is -0.131. The highest BCUT2D eigenvalue weighted by atomic mass is 35.5. The van der Waals surface area contributed by atoms with Crippen LogP contribution in [0.3, 0.4) is 0 Å². The van der Waals surface area contributed by atoms with Gasteiger partial charge in [-0.1, -0.05) is 56.1 Å². The van der Waals surface area contributed by atoms with Gasteiger partial charge in [-0.25, -0.2) is 0 Å². The summed E-state index contributed by atoms with van der Waals surface area (Å²) in [6.07, 6.45) is 3.91. The lowest BCUT2D eigenvalue weighted by atomic mass is 9.70. The molecule has 0 amide bonds. The van der Waals surface area contributed by atoms with E-state index in [1.165, 1.54) is 0 Å². The smallest absolute Gasteiger partial charge is 0.229 e. The maximum Gasteiger partial charge on any atom is 0.229 e. The number of rotatable bonds is 2. The van der Waals surface area contributed by atoms with Gasteiger partial charge in [-0.3, -0.25) is 4.79 Å². The number of alkyl halides is 2. The third-order valence-corrected chi connectivity index (χ3v) is 5.09. The van der Waals surface area contributed by atoms with Crippen molar-refractivity contribution in [3.8, 4) is 0 Å². The molecule has 2 rings (SSSR count). The Bertz CT molecular complexity index is 472. The van der Waals surface area contributed by atoms with Crippen LogP contribution >= 0.6 is 23.2 Å². The minimum atomic E-state index is -1.25. The summed E-state index contributed by atoms with van der Waals surface area (Å²) in [5, 5.41) is 0. The first-order valence-electron chi connectivity index (χ1n) is 6.58. The molecule has 19 heavy (non-hydrogen) atoms. The van der Waals surface area contributed by atoms with Crippen LogP contribution in [0, 0.1) is 17.3 Å². The van der Waals surface area contributed by atoms with Gasteiger partial charge in [0.15, 0.2) is 10.1 Å². The van der Waals surface area contributed by atoms with Gasteiger partial charge in [0, 0.05) is 11.3 Å². The van der Waals surface area contributed by atoms with Crippen molar-refractivity contribution in [2.24, 2.45) is 17.3 Å². The zero-order valence-electron chi connectivity index (χ0n) is 12.0. The Morgan fingerprint density at radius 2 is 1.95 bits per heavy atom. The summed E-state index contributed by atoms with van der Waals surface area (Å²) in [6, 6.07) is 0. The first-order chi connectivity index (χ1) is 8.56. The van der Waals surface area contributed by atoms with Crippen LogP contribution in [0.25, 0.3) is 0 Å². The average Bonchev–Trinajstić information content (AvgIpc) is 2.65. The second-order valence-electron chi connectivity index (χ2n) is 6.55. The molecule has 1 saturated carbocycles. The summed E-state index contributed by atoms with van der Waals surface area (Å²) < 4.78 is 4.85. The van der Waals surface area contributed by atoms with Crippen LogP contribution in [0.4, 0.5) is 0 Å². The zero-order valence-corrected chi connectivity index (χ0v) is 14.6. The molecule has 0 bridgehead atoms. The van der Waals surface area contributed by atoms with E-state index in [0.29, 0.717) is 0 Å². The molecule has 0 N–H and O–H groups in total. The standard InChI is InChI=1S/C14H20Cl2O2Si/c1-13(2,3)12(18-19(4)5)8-6-7-9-10(8)11(17)14(9,15)16/h6-7,9-10,19H,1-5H3. The molecule has 2 aliphatic rings. The van der Waals surface area contributed by atoms with Crippen LogP contribution in [-0.2, 0) is 9.22 Å². The van der Waals surface area contributed by atoms with E-state index in [1.807, 2.05) is 12.2 Å². The van der Waals surface area contributed by atoms with Crippen molar-refractivity contribution in [3.05, 3.63) is 23.5 Å². The fourth-order valence-corrected chi connectivity index (χ4v) is 4.25. The van der Waals surface area contributed by atoms with Crippen molar-refractivity contribution in [1.29, 1.82) is 0 Å². The SMILES string of the molecule is C[SiH](C)OC(=C1C=CC2C1C(=O)C2(Cl)Cl)C(C)(C)C. The predicted molar refractivity (Wildman–Crippen MR) is 82.0 cm³/mol. The fraction of sp³-hybridized carbons (Fsp3) is 0.643. The number of carbonyl (C=O) groups excluding carboxylic acids is 1. The molecule has 0 aromatic carbocycles. The molecule has 2 atom stereocenters. The summed E-state index contributed by atoms with van der Waals surface area (Å²) in [6.45, 7) is 10.6. The molecule has 2 nitrogen and oxygen atoms in total. The van der Waals surface area contributed by atoms with E-state index in [1.54, 1.807) is 0 Å². The Morgan fingerprint density at radius 1 is 1.37 bits per heavy atom. The molecule has 1 fully saturated rings. The van der Waals surface area contributed by atoms with Crippen molar-refractivity contribution in [1.82, 2.24) is 0 Å². The highest BCUT2D eigenvalue weighted by Crippen LogP contribution is 2.57. The molecule has 0 aliphatic heterocycles. The summed E-state index contributed by atoms with van der Waals surface area (Å²) in [5.41, 5.74) is 0.851. The molecule has 5 heteroatoms. The van der Waals surface area contributed by atoms with Gasteiger partial charge in [0.25, 0.3) is 0 Å². The Labute approximate surface area is 126 Å². The van der Waals surface area contributed by atoms with Gasteiger partial charge in [0.1, 0.15) is 0 Å². The molecule has 2 aliphatic carbocycles. The Balaban J connectivity index is 2.41. The van der Waals surface area contributed by atoms with Crippen LogP contribution in [0.5, 0.6) is 0 Å². The summed E-state index contributed by atoms with van der Waals surface area (Å²) in [5.74, 6) is 0.511. The molecule has 0 saturated heterocycles. The highest BCUT2D eigenvalue weighted by molar-refractivity contribution is 6.61. The number of hydrogen-bond acceptors (Lipinski definition) is 2. The molecule has 0 radical (unpaired) electrons. The molecule has 2 unspecified atom stereocenters. The summed E-state index contributed by atoms with van der Waals surface area (Å²) in [7, 11) is -1.23.